The van der Waals surface area contributed by atoms with Gasteiger partial charge < -0.3 is 21.1 Å². The highest BCUT2D eigenvalue weighted by Crippen LogP contribution is 2.62. The Morgan fingerprint density at radius 3 is 2.53 bits per heavy atom. The number of fused-ring (bicyclic) bond motifs is 3. The molecule has 0 amide bonds. The summed E-state index contributed by atoms with van der Waals surface area (Å²) in [7, 11) is 0. The quantitative estimate of drug-likeness (QED) is 0.527. The minimum atomic E-state index is -0.705. The Hall–Kier alpha value is -0.650. The van der Waals surface area contributed by atoms with Crippen LogP contribution in [0.2, 0.25) is 0 Å². The highest BCUT2D eigenvalue weighted by molar-refractivity contribution is 5.66. The lowest BCUT2D eigenvalue weighted by molar-refractivity contribution is -0.137. The van der Waals surface area contributed by atoms with Gasteiger partial charge in [-0.1, -0.05) is 27.2 Å². The maximum Gasteiger partial charge on any atom is 0.303 e. The highest BCUT2D eigenvalue weighted by atomic mass is 16.4. The van der Waals surface area contributed by atoms with Crippen molar-refractivity contribution in [2.45, 2.75) is 116 Å². The Morgan fingerprint density at radius 1 is 1.13 bits per heavy atom. The summed E-state index contributed by atoms with van der Waals surface area (Å²) in [6.07, 6.45) is 9.77. The summed E-state index contributed by atoms with van der Waals surface area (Å²) in [6.45, 7) is 6.74. The third-order valence-electron chi connectivity index (χ3n) is 9.61. The molecule has 0 bridgehead atoms. The van der Waals surface area contributed by atoms with E-state index in [1.807, 2.05) is 0 Å². The van der Waals surface area contributed by atoms with Gasteiger partial charge in [0.15, 0.2) is 0 Å². The highest BCUT2D eigenvalue weighted by Gasteiger charge is 2.59. The molecule has 5 N–H and O–H groups in total. The van der Waals surface area contributed by atoms with Gasteiger partial charge in [-0.05, 0) is 93.3 Å². The van der Waals surface area contributed by atoms with Gasteiger partial charge in [-0.15, -0.1) is 0 Å². The van der Waals surface area contributed by atoms with Crippen LogP contribution in [-0.4, -0.2) is 39.0 Å². The van der Waals surface area contributed by atoms with E-state index in [0.29, 0.717) is 11.8 Å². The van der Waals surface area contributed by atoms with Crippen molar-refractivity contribution in [3.8, 4) is 0 Å². The normalized spacial score (nSPS) is 47.3. The predicted molar refractivity (Wildman–Crippen MR) is 119 cm³/mol. The van der Waals surface area contributed by atoms with Crippen molar-refractivity contribution in [3.05, 3.63) is 0 Å². The van der Waals surface area contributed by atoms with Crippen LogP contribution in [0.3, 0.4) is 0 Å². The summed E-state index contributed by atoms with van der Waals surface area (Å²) in [5.41, 5.74) is 6.93. The predicted octanol–water partition coefficient (Wildman–Crippen LogP) is 4.34. The number of aliphatic hydroxyl groups excluding tert-OH is 2. The number of rotatable bonds is 5. The van der Waals surface area contributed by atoms with Crippen LogP contribution in [0, 0.1) is 35.0 Å². The van der Waals surface area contributed by atoms with E-state index in [1.165, 1.54) is 0 Å². The largest absolute Gasteiger partial charge is 0.481 e. The second-order valence-electron chi connectivity index (χ2n) is 11.3. The fourth-order valence-electron chi connectivity index (χ4n) is 7.87. The van der Waals surface area contributed by atoms with Crippen LogP contribution in [0.5, 0.6) is 0 Å². The first-order valence-electron chi connectivity index (χ1n) is 12.5. The van der Waals surface area contributed by atoms with E-state index >= 15 is 0 Å². The maximum atomic E-state index is 11.8. The molecule has 0 heterocycles. The van der Waals surface area contributed by atoms with Crippen LogP contribution >= 0.6 is 0 Å². The first kappa shape index (κ1) is 24.0. The molecule has 0 aliphatic heterocycles. The van der Waals surface area contributed by atoms with E-state index in [-0.39, 0.29) is 41.2 Å². The van der Waals surface area contributed by atoms with Crippen molar-refractivity contribution >= 4 is 5.97 Å². The van der Waals surface area contributed by atoms with E-state index in [2.05, 4.69) is 20.8 Å². The molecule has 9 atom stereocenters. The molecule has 5 heteroatoms. The number of hydrogen-bond donors (Lipinski definition) is 4. The van der Waals surface area contributed by atoms with E-state index in [9.17, 15) is 15.0 Å². The number of carbonyl (C=O) groups is 1. The molecule has 3 saturated carbocycles. The number of hydrogen-bond acceptors (Lipinski definition) is 4. The van der Waals surface area contributed by atoms with E-state index in [4.69, 9.17) is 10.8 Å². The lowest BCUT2D eigenvalue weighted by Crippen LogP contribution is -2.62. The number of aliphatic hydroxyl groups is 2. The Balaban J connectivity index is 1.87. The average Bonchev–Trinajstić information content (AvgIpc) is 2.98. The zero-order valence-electron chi connectivity index (χ0n) is 19.4. The summed E-state index contributed by atoms with van der Waals surface area (Å²) >= 11 is 0. The fourth-order valence-corrected chi connectivity index (χ4v) is 7.87. The lowest BCUT2D eigenvalue weighted by Gasteiger charge is -2.57. The molecule has 0 aromatic rings. The van der Waals surface area contributed by atoms with Crippen molar-refractivity contribution in [2.24, 2.45) is 40.7 Å². The molecule has 3 aliphatic rings. The molecule has 3 fully saturated rings. The van der Waals surface area contributed by atoms with Gasteiger partial charge >= 0.3 is 5.97 Å². The van der Waals surface area contributed by atoms with Gasteiger partial charge in [-0.2, -0.15) is 0 Å². The Bertz CT molecular complexity index is 598. The fraction of sp³-hybridized carbons (Fsp3) is 0.960. The van der Waals surface area contributed by atoms with Gasteiger partial charge in [0.05, 0.1) is 12.2 Å². The first-order valence-corrected chi connectivity index (χ1v) is 12.5. The molecule has 0 spiro atoms. The molecule has 3 rings (SSSR count). The number of aliphatic carboxylic acids is 1. The van der Waals surface area contributed by atoms with Crippen molar-refractivity contribution in [2.75, 3.05) is 0 Å². The van der Waals surface area contributed by atoms with Crippen molar-refractivity contribution in [1.29, 1.82) is 0 Å². The van der Waals surface area contributed by atoms with Gasteiger partial charge in [0, 0.05) is 17.9 Å². The minimum Gasteiger partial charge on any atom is -0.481 e. The molecule has 0 radical (unpaired) electrons. The van der Waals surface area contributed by atoms with Crippen molar-refractivity contribution in [3.63, 3.8) is 0 Å². The summed E-state index contributed by atoms with van der Waals surface area (Å²) in [4.78, 5) is 11.0. The third-order valence-corrected chi connectivity index (χ3v) is 9.61. The molecule has 5 nitrogen and oxygen atoms in total. The SMILES string of the molecule is CC[C@@H]1C(C)C[C@H](O)CCC[C@@]2(N)CCC3(C)[C@@H](CCCC(=O)O)CC[C@H]3C2[C@@H]1O. The Labute approximate surface area is 182 Å². The molecule has 3 aliphatic carbocycles. The van der Waals surface area contributed by atoms with Gasteiger partial charge in [0.25, 0.3) is 0 Å². The molecule has 0 saturated heterocycles. The minimum absolute atomic E-state index is 0.100. The summed E-state index contributed by atoms with van der Waals surface area (Å²) < 4.78 is 0. The van der Waals surface area contributed by atoms with Gasteiger partial charge in [0.1, 0.15) is 0 Å². The van der Waals surface area contributed by atoms with Crippen LogP contribution in [0.15, 0.2) is 0 Å². The molecule has 30 heavy (non-hydrogen) atoms. The zero-order valence-corrected chi connectivity index (χ0v) is 19.4. The zero-order chi connectivity index (χ0) is 22.1. The van der Waals surface area contributed by atoms with Gasteiger partial charge in [-0.3, -0.25) is 4.79 Å². The number of carboxylic acid groups (broad SMARTS) is 1. The molecule has 174 valence electrons. The van der Waals surface area contributed by atoms with Crippen molar-refractivity contribution < 1.29 is 20.1 Å². The van der Waals surface area contributed by atoms with Gasteiger partial charge in [-0.25, -0.2) is 0 Å². The molecule has 0 aromatic heterocycles. The van der Waals surface area contributed by atoms with E-state index < -0.39 is 12.1 Å². The molecular formula is C25H45NO4. The molecule has 0 aromatic carbocycles. The third kappa shape index (κ3) is 4.59. The monoisotopic (exact) mass is 423 g/mol. The topological polar surface area (TPSA) is 104 Å². The van der Waals surface area contributed by atoms with Crippen LogP contribution in [0.25, 0.3) is 0 Å². The van der Waals surface area contributed by atoms with Crippen LogP contribution in [0.1, 0.15) is 97.8 Å². The Morgan fingerprint density at radius 2 is 1.87 bits per heavy atom. The molecular weight excluding hydrogens is 378 g/mol. The summed E-state index contributed by atoms with van der Waals surface area (Å²) in [5.74, 6) is 0.787. The summed E-state index contributed by atoms with van der Waals surface area (Å²) in [6, 6.07) is 0. The maximum absolute atomic E-state index is 11.8. The summed E-state index contributed by atoms with van der Waals surface area (Å²) in [5, 5.41) is 31.3. The lowest BCUT2D eigenvalue weighted by atomic mass is 9.51. The Kier molecular flexibility index (Phi) is 7.57. The van der Waals surface area contributed by atoms with Crippen LogP contribution in [-0.2, 0) is 4.79 Å². The van der Waals surface area contributed by atoms with Crippen LogP contribution in [0.4, 0.5) is 0 Å². The smallest absolute Gasteiger partial charge is 0.303 e. The van der Waals surface area contributed by atoms with Crippen molar-refractivity contribution in [1.82, 2.24) is 0 Å². The van der Waals surface area contributed by atoms with Gasteiger partial charge in [0.2, 0.25) is 0 Å². The number of carboxylic acids is 1. The standard InChI is InChI=1S/C25H45NO4/c1-4-19-16(2)15-18(27)8-6-12-25(26)14-13-24(3)17(7-5-9-21(28)29)10-11-20(24)22(25)23(19)30/h16-20,22-23,27,30H,4-15,26H2,1-3H3,(H,28,29)/t16?,17-,18+,19+,20-,22?,23+,24?,25+/m0/s1. The first-order chi connectivity index (χ1) is 14.1. The second-order valence-corrected chi connectivity index (χ2v) is 11.3. The second kappa shape index (κ2) is 9.46. The molecule has 3 unspecified atom stereocenters. The average molecular weight is 424 g/mol. The van der Waals surface area contributed by atoms with E-state index in [0.717, 1.165) is 70.6 Å². The van der Waals surface area contributed by atoms with E-state index in [1.54, 1.807) is 0 Å². The van der Waals surface area contributed by atoms with Crippen LogP contribution < -0.4 is 5.73 Å². The number of nitrogens with two attached hydrogens (primary N) is 1.